The monoisotopic (exact) mass is 236 g/mol. The van der Waals surface area contributed by atoms with Gasteiger partial charge in [0.15, 0.2) is 0 Å². The van der Waals surface area contributed by atoms with E-state index in [4.69, 9.17) is 0 Å². The highest BCUT2D eigenvalue weighted by atomic mass is 19.1. The minimum absolute atomic E-state index is 0.160. The zero-order chi connectivity index (χ0) is 12.1. The molecule has 0 radical (unpaired) electrons. The Morgan fingerprint density at radius 2 is 2.35 bits per heavy atom. The third-order valence-electron chi connectivity index (χ3n) is 3.43. The van der Waals surface area contributed by atoms with Crippen molar-refractivity contribution < 1.29 is 4.39 Å². The highest BCUT2D eigenvalue weighted by molar-refractivity contribution is 5.19. The molecule has 1 aromatic rings. The summed E-state index contributed by atoms with van der Waals surface area (Å²) in [6, 6.07) is 7.59. The Kier molecular flexibility index (Phi) is 4.51. The van der Waals surface area contributed by atoms with Crippen LogP contribution in [-0.4, -0.2) is 19.1 Å². The average molecular weight is 236 g/mol. The molecular formula is C14H21FN2. The van der Waals surface area contributed by atoms with Crippen molar-refractivity contribution in [1.29, 1.82) is 0 Å². The molecule has 0 saturated carbocycles. The number of rotatable bonds is 4. The Hall–Kier alpha value is -0.930. The second-order valence-electron chi connectivity index (χ2n) is 4.83. The third-order valence-corrected chi connectivity index (χ3v) is 3.43. The van der Waals surface area contributed by atoms with Crippen LogP contribution in [0.1, 0.15) is 37.8 Å². The van der Waals surface area contributed by atoms with Gasteiger partial charge in [-0.1, -0.05) is 18.6 Å². The first-order valence-corrected chi connectivity index (χ1v) is 6.48. The second kappa shape index (κ2) is 6.12. The highest BCUT2D eigenvalue weighted by Crippen LogP contribution is 2.14. The van der Waals surface area contributed by atoms with E-state index in [9.17, 15) is 4.39 Å². The lowest BCUT2D eigenvalue weighted by molar-refractivity contribution is 0.371. The lowest BCUT2D eigenvalue weighted by Gasteiger charge is -2.25. The summed E-state index contributed by atoms with van der Waals surface area (Å²) in [4.78, 5) is 0. The molecule has 1 aromatic carbocycles. The maximum absolute atomic E-state index is 13.1. The van der Waals surface area contributed by atoms with Crippen LogP contribution < -0.4 is 10.6 Å². The number of benzene rings is 1. The van der Waals surface area contributed by atoms with Crippen LogP contribution in [0.4, 0.5) is 4.39 Å². The molecule has 2 nitrogen and oxygen atoms in total. The van der Waals surface area contributed by atoms with E-state index in [-0.39, 0.29) is 11.9 Å². The van der Waals surface area contributed by atoms with Gasteiger partial charge in [0.1, 0.15) is 5.82 Å². The van der Waals surface area contributed by atoms with Crippen LogP contribution >= 0.6 is 0 Å². The average Bonchev–Trinajstić information content (AvgIpc) is 2.37. The molecule has 0 spiro atoms. The second-order valence-corrected chi connectivity index (χ2v) is 4.83. The molecule has 0 amide bonds. The summed E-state index contributed by atoms with van der Waals surface area (Å²) >= 11 is 0. The molecule has 1 aliphatic rings. The van der Waals surface area contributed by atoms with Crippen LogP contribution in [0.3, 0.4) is 0 Å². The van der Waals surface area contributed by atoms with Crippen LogP contribution in [0.15, 0.2) is 24.3 Å². The largest absolute Gasteiger partial charge is 0.313 e. The van der Waals surface area contributed by atoms with Gasteiger partial charge < -0.3 is 10.6 Å². The zero-order valence-electron chi connectivity index (χ0n) is 10.4. The van der Waals surface area contributed by atoms with E-state index in [1.165, 1.54) is 25.3 Å². The summed E-state index contributed by atoms with van der Waals surface area (Å²) in [5, 5.41) is 6.97. The molecule has 0 bridgehead atoms. The van der Waals surface area contributed by atoms with Crippen LogP contribution in [0, 0.1) is 5.82 Å². The molecule has 1 aliphatic heterocycles. The fourth-order valence-corrected chi connectivity index (χ4v) is 2.31. The van der Waals surface area contributed by atoms with Gasteiger partial charge in [0.2, 0.25) is 0 Å². The van der Waals surface area contributed by atoms with Gasteiger partial charge in [-0.05, 0) is 44.0 Å². The first kappa shape index (κ1) is 12.5. The lowest BCUT2D eigenvalue weighted by atomic mass is 10.0. The van der Waals surface area contributed by atoms with Gasteiger partial charge >= 0.3 is 0 Å². The minimum Gasteiger partial charge on any atom is -0.313 e. The molecule has 17 heavy (non-hydrogen) atoms. The van der Waals surface area contributed by atoms with E-state index in [0.29, 0.717) is 6.04 Å². The number of nitrogens with one attached hydrogen (secondary N) is 2. The SMILES string of the molecule is C[C@H](NCC1CCCCN1)c1cccc(F)c1. The molecule has 0 aromatic heterocycles. The Bertz CT molecular complexity index is 348. The van der Waals surface area contributed by atoms with E-state index in [0.717, 1.165) is 18.7 Å². The summed E-state index contributed by atoms with van der Waals surface area (Å²) in [6.07, 6.45) is 3.84. The van der Waals surface area contributed by atoms with E-state index in [1.807, 2.05) is 6.07 Å². The molecule has 2 rings (SSSR count). The molecule has 1 heterocycles. The predicted molar refractivity (Wildman–Crippen MR) is 68.5 cm³/mol. The number of hydrogen-bond donors (Lipinski definition) is 2. The Morgan fingerprint density at radius 3 is 3.06 bits per heavy atom. The van der Waals surface area contributed by atoms with Crippen molar-refractivity contribution in [2.75, 3.05) is 13.1 Å². The zero-order valence-corrected chi connectivity index (χ0v) is 10.4. The van der Waals surface area contributed by atoms with E-state index < -0.39 is 0 Å². The molecule has 3 heteroatoms. The molecule has 2 atom stereocenters. The molecule has 1 fully saturated rings. The van der Waals surface area contributed by atoms with Crippen molar-refractivity contribution in [3.63, 3.8) is 0 Å². The first-order chi connectivity index (χ1) is 8.25. The highest BCUT2D eigenvalue weighted by Gasteiger charge is 2.13. The minimum atomic E-state index is -0.160. The van der Waals surface area contributed by atoms with E-state index in [1.54, 1.807) is 12.1 Å². The molecule has 1 saturated heterocycles. The molecule has 2 N–H and O–H groups in total. The van der Waals surface area contributed by atoms with Gasteiger partial charge in [0.05, 0.1) is 0 Å². The Balaban J connectivity index is 1.82. The fraction of sp³-hybridized carbons (Fsp3) is 0.571. The molecular weight excluding hydrogens is 215 g/mol. The van der Waals surface area contributed by atoms with Gasteiger partial charge in [-0.25, -0.2) is 4.39 Å². The number of halogens is 1. The summed E-state index contributed by atoms with van der Waals surface area (Å²) in [7, 11) is 0. The van der Waals surface area contributed by atoms with Crippen LogP contribution in [-0.2, 0) is 0 Å². The lowest BCUT2D eigenvalue weighted by Crippen LogP contribution is -2.42. The smallest absolute Gasteiger partial charge is 0.123 e. The van der Waals surface area contributed by atoms with Crippen molar-refractivity contribution in [3.8, 4) is 0 Å². The molecule has 0 aliphatic carbocycles. The summed E-state index contributed by atoms with van der Waals surface area (Å²) in [5.74, 6) is -0.160. The van der Waals surface area contributed by atoms with Gasteiger partial charge in [-0.3, -0.25) is 0 Å². The topological polar surface area (TPSA) is 24.1 Å². The third kappa shape index (κ3) is 3.79. The maximum Gasteiger partial charge on any atom is 0.123 e. The van der Waals surface area contributed by atoms with Gasteiger partial charge in [-0.15, -0.1) is 0 Å². The van der Waals surface area contributed by atoms with E-state index in [2.05, 4.69) is 17.6 Å². The Labute approximate surface area is 103 Å². The number of hydrogen-bond acceptors (Lipinski definition) is 2. The van der Waals surface area contributed by atoms with Crippen molar-refractivity contribution in [2.24, 2.45) is 0 Å². The quantitative estimate of drug-likeness (QED) is 0.839. The predicted octanol–water partition coefficient (Wildman–Crippen LogP) is 2.62. The van der Waals surface area contributed by atoms with Crippen molar-refractivity contribution in [2.45, 2.75) is 38.3 Å². The van der Waals surface area contributed by atoms with Crippen LogP contribution in [0.25, 0.3) is 0 Å². The number of piperidine rings is 1. The standard InChI is InChI=1S/C14H21FN2/c1-11(12-5-4-6-13(15)9-12)17-10-14-7-2-3-8-16-14/h4-6,9,11,14,16-17H,2-3,7-8,10H2,1H3/t11-,14?/m0/s1. The van der Waals surface area contributed by atoms with Crippen LogP contribution in [0.2, 0.25) is 0 Å². The fourth-order valence-electron chi connectivity index (χ4n) is 2.31. The van der Waals surface area contributed by atoms with Crippen LogP contribution in [0.5, 0.6) is 0 Å². The maximum atomic E-state index is 13.1. The van der Waals surface area contributed by atoms with Crippen molar-refractivity contribution in [1.82, 2.24) is 10.6 Å². The van der Waals surface area contributed by atoms with Crippen molar-refractivity contribution >= 4 is 0 Å². The summed E-state index contributed by atoms with van der Waals surface area (Å²) in [6.45, 7) is 4.16. The molecule has 94 valence electrons. The van der Waals surface area contributed by atoms with Gasteiger partial charge in [-0.2, -0.15) is 0 Å². The van der Waals surface area contributed by atoms with Crippen molar-refractivity contribution in [3.05, 3.63) is 35.6 Å². The first-order valence-electron chi connectivity index (χ1n) is 6.48. The summed E-state index contributed by atoms with van der Waals surface area (Å²) in [5.41, 5.74) is 1.01. The van der Waals surface area contributed by atoms with Gasteiger partial charge in [0.25, 0.3) is 0 Å². The Morgan fingerprint density at radius 1 is 1.47 bits per heavy atom. The normalized spacial score (nSPS) is 22.4. The molecule has 1 unspecified atom stereocenters. The van der Waals surface area contributed by atoms with Gasteiger partial charge in [0, 0.05) is 18.6 Å². The summed E-state index contributed by atoms with van der Waals surface area (Å²) < 4.78 is 13.1. The van der Waals surface area contributed by atoms with E-state index >= 15 is 0 Å².